The van der Waals surface area contributed by atoms with Gasteiger partial charge in [-0.25, -0.2) is 0 Å². The van der Waals surface area contributed by atoms with Gasteiger partial charge in [-0.3, -0.25) is 14.4 Å². The van der Waals surface area contributed by atoms with Gasteiger partial charge >= 0.3 is 0 Å². The summed E-state index contributed by atoms with van der Waals surface area (Å²) < 4.78 is 11.1. The van der Waals surface area contributed by atoms with Crippen LogP contribution in [-0.2, 0) is 9.59 Å². The van der Waals surface area contributed by atoms with Crippen LogP contribution in [-0.4, -0.2) is 55.5 Å². The molecule has 0 unspecified atom stereocenters. The summed E-state index contributed by atoms with van der Waals surface area (Å²) in [6.07, 6.45) is 0.138. The van der Waals surface area contributed by atoms with Crippen molar-refractivity contribution in [1.82, 2.24) is 4.90 Å². The number of carbonyl (C=O) groups excluding carboxylic acids is 3. The van der Waals surface area contributed by atoms with Crippen LogP contribution >= 0.6 is 0 Å². The zero-order valence-electron chi connectivity index (χ0n) is 18.3. The highest BCUT2D eigenvalue weighted by Crippen LogP contribution is 2.36. The van der Waals surface area contributed by atoms with Crippen LogP contribution < -0.4 is 19.7 Å². The van der Waals surface area contributed by atoms with E-state index in [0.717, 1.165) is 0 Å². The third-order valence-electron chi connectivity index (χ3n) is 5.78. The summed E-state index contributed by atoms with van der Waals surface area (Å²) in [5.41, 5.74) is 1.86. The molecule has 168 valence electrons. The fraction of sp³-hybridized carbons (Fsp3) is 0.375. The van der Waals surface area contributed by atoms with Gasteiger partial charge < -0.3 is 24.6 Å². The molecule has 2 aromatic carbocycles. The molecule has 8 nitrogen and oxygen atoms in total. The fourth-order valence-corrected chi connectivity index (χ4v) is 3.97. The zero-order chi connectivity index (χ0) is 22.7. The predicted octanol–water partition coefficient (Wildman–Crippen LogP) is 2.93. The average molecular weight is 437 g/mol. The van der Waals surface area contributed by atoms with Gasteiger partial charge in [0.05, 0.1) is 5.92 Å². The Morgan fingerprint density at radius 2 is 1.72 bits per heavy atom. The highest BCUT2D eigenvalue weighted by Gasteiger charge is 2.35. The first-order valence-corrected chi connectivity index (χ1v) is 10.9. The van der Waals surface area contributed by atoms with Crippen molar-refractivity contribution in [1.29, 1.82) is 0 Å². The highest BCUT2D eigenvalue weighted by atomic mass is 16.6. The number of nitrogens with one attached hydrogen (secondary N) is 1. The topological polar surface area (TPSA) is 88.2 Å². The molecule has 0 radical (unpaired) electrons. The molecule has 0 bridgehead atoms. The molecule has 2 aliphatic heterocycles. The molecule has 1 saturated heterocycles. The molecule has 0 spiro atoms. The number of amides is 3. The Balaban J connectivity index is 1.39. The van der Waals surface area contributed by atoms with Gasteiger partial charge in [-0.15, -0.1) is 0 Å². The molecule has 0 saturated carbocycles. The van der Waals surface area contributed by atoms with Crippen molar-refractivity contribution in [2.75, 3.05) is 43.1 Å². The molecule has 8 heteroatoms. The maximum absolute atomic E-state index is 12.8. The number of hydrogen-bond donors (Lipinski definition) is 1. The van der Waals surface area contributed by atoms with Crippen molar-refractivity contribution < 1.29 is 23.9 Å². The third-order valence-corrected chi connectivity index (χ3v) is 5.78. The summed E-state index contributed by atoms with van der Waals surface area (Å²) in [7, 11) is 0. The fourth-order valence-electron chi connectivity index (χ4n) is 3.97. The van der Waals surface area contributed by atoms with Crippen molar-refractivity contribution in [3.63, 3.8) is 0 Å². The van der Waals surface area contributed by atoms with Crippen molar-refractivity contribution in [3.05, 3.63) is 48.0 Å². The Morgan fingerprint density at radius 3 is 2.41 bits per heavy atom. The minimum absolute atomic E-state index is 0.0377. The normalized spacial score (nSPS) is 17.2. The molecule has 2 heterocycles. The first-order valence-electron chi connectivity index (χ1n) is 10.9. The SMILES string of the molecule is CCN(CC)C(=O)c1ccc(NC(=O)[C@H]2CC(=O)N(c3ccc4c(c3)OCCO4)C2)cc1. The van der Waals surface area contributed by atoms with Crippen LogP contribution in [0.5, 0.6) is 11.5 Å². The average Bonchev–Trinajstić information content (AvgIpc) is 3.21. The summed E-state index contributed by atoms with van der Waals surface area (Å²) in [6, 6.07) is 12.2. The number of nitrogens with zero attached hydrogens (tertiary/aromatic N) is 2. The largest absolute Gasteiger partial charge is 0.486 e. The number of anilines is 2. The quantitative estimate of drug-likeness (QED) is 0.751. The summed E-state index contributed by atoms with van der Waals surface area (Å²) in [5.74, 6) is 0.429. The Hall–Kier alpha value is -3.55. The van der Waals surface area contributed by atoms with Crippen LogP contribution in [0.1, 0.15) is 30.6 Å². The van der Waals surface area contributed by atoms with Crippen molar-refractivity contribution in [3.8, 4) is 11.5 Å². The van der Waals surface area contributed by atoms with E-state index in [9.17, 15) is 14.4 Å². The molecule has 32 heavy (non-hydrogen) atoms. The van der Waals surface area contributed by atoms with E-state index in [1.54, 1.807) is 52.3 Å². The van der Waals surface area contributed by atoms with Gasteiger partial charge in [0.1, 0.15) is 13.2 Å². The van der Waals surface area contributed by atoms with Gasteiger partial charge in [-0.2, -0.15) is 0 Å². The van der Waals surface area contributed by atoms with Crippen LogP contribution in [0.15, 0.2) is 42.5 Å². The minimum Gasteiger partial charge on any atom is -0.486 e. The number of benzene rings is 2. The van der Waals surface area contributed by atoms with Crippen LogP contribution in [0.2, 0.25) is 0 Å². The van der Waals surface area contributed by atoms with Gasteiger partial charge in [0.15, 0.2) is 11.5 Å². The van der Waals surface area contributed by atoms with E-state index < -0.39 is 5.92 Å². The van der Waals surface area contributed by atoms with Gasteiger partial charge in [0, 0.05) is 49.1 Å². The van der Waals surface area contributed by atoms with Crippen LogP contribution in [0.25, 0.3) is 0 Å². The number of ether oxygens (including phenoxy) is 2. The summed E-state index contributed by atoms with van der Waals surface area (Å²) in [5, 5.41) is 2.86. The Kier molecular flexibility index (Phi) is 6.30. The van der Waals surface area contributed by atoms with Crippen LogP contribution in [0.4, 0.5) is 11.4 Å². The van der Waals surface area contributed by atoms with E-state index >= 15 is 0 Å². The second-order valence-electron chi connectivity index (χ2n) is 7.78. The van der Waals surface area contributed by atoms with Crippen molar-refractivity contribution in [2.45, 2.75) is 20.3 Å². The molecule has 0 aromatic heterocycles. The van der Waals surface area contributed by atoms with Crippen LogP contribution in [0, 0.1) is 5.92 Å². The van der Waals surface area contributed by atoms with E-state index in [2.05, 4.69) is 5.32 Å². The van der Waals surface area contributed by atoms with Gasteiger partial charge in [0.2, 0.25) is 11.8 Å². The number of hydrogen-bond acceptors (Lipinski definition) is 5. The molecule has 2 aromatic rings. The lowest BCUT2D eigenvalue weighted by Gasteiger charge is -2.22. The van der Waals surface area contributed by atoms with E-state index in [-0.39, 0.29) is 24.1 Å². The molecule has 1 atom stereocenters. The smallest absolute Gasteiger partial charge is 0.253 e. The number of carbonyl (C=O) groups is 3. The third kappa shape index (κ3) is 4.39. The molecule has 1 N–H and O–H groups in total. The van der Waals surface area contributed by atoms with Crippen molar-refractivity contribution in [2.24, 2.45) is 5.92 Å². The lowest BCUT2D eigenvalue weighted by molar-refractivity contribution is -0.122. The van der Waals surface area contributed by atoms with E-state index in [0.29, 0.717) is 61.3 Å². The monoisotopic (exact) mass is 437 g/mol. The summed E-state index contributed by atoms with van der Waals surface area (Å²) in [4.78, 5) is 41.1. The van der Waals surface area contributed by atoms with E-state index in [1.807, 2.05) is 13.8 Å². The lowest BCUT2D eigenvalue weighted by Crippen LogP contribution is -2.30. The first kappa shape index (κ1) is 21.7. The first-order chi connectivity index (χ1) is 15.5. The number of fused-ring (bicyclic) bond motifs is 1. The molecular formula is C24H27N3O5. The Labute approximate surface area is 187 Å². The van der Waals surface area contributed by atoms with Crippen LogP contribution in [0.3, 0.4) is 0 Å². The standard InChI is InChI=1S/C24H27N3O5/c1-3-26(4-2)24(30)16-5-7-18(8-6-16)25-23(29)17-13-22(28)27(15-17)19-9-10-20-21(14-19)32-12-11-31-20/h5-10,14,17H,3-4,11-13,15H2,1-2H3,(H,25,29)/t17-/m0/s1. The lowest BCUT2D eigenvalue weighted by atomic mass is 10.1. The summed E-state index contributed by atoms with van der Waals surface area (Å²) >= 11 is 0. The van der Waals surface area contributed by atoms with E-state index in [4.69, 9.17) is 9.47 Å². The minimum atomic E-state index is -0.465. The van der Waals surface area contributed by atoms with Gasteiger partial charge in [-0.1, -0.05) is 0 Å². The molecule has 0 aliphatic carbocycles. The van der Waals surface area contributed by atoms with Gasteiger partial charge in [-0.05, 0) is 50.2 Å². The molecular weight excluding hydrogens is 410 g/mol. The maximum Gasteiger partial charge on any atom is 0.253 e. The van der Waals surface area contributed by atoms with Crippen molar-refractivity contribution >= 4 is 29.1 Å². The Bertz CT molecular complexity index is 1020. The second kappa shape index (κ2) is 9.30. The highest BCUT2D eigenvalue weighted by molar-refractivity contribution is 6.04. The Morgan fingerprint density at radius 1 is 1.03 bits per heavy atom. The number of rotatable bonds is 6. The molecule has 1 fully saturated rings. The second-order valence-corrected chi connectivity index (χ2v) is 7.78. The zero-order valence-corrected chi connectivity index (χ0v) is 18.3. The molecule has 2 aliphatic rings. The summed E-state index contributed by atoms with van der Waals surface area (Å²) in [6.45, 7) is 6.42. The maximum atomic E-state index is 12.8. The molecule has 3 amide bonds. The predicted molar refractivity (Wildman–Crippen MR) is 120 cm³/mol. The molecule has 4 rings (SSSR count). The van der Waals surface area contributed by atoms with Gasteiger partial charge in [0.25, 0.3) is 5.91 Å². The van der Waals surface area contributed by atoms with E-state index in [1.165, 1.54) is 0 Å².